The second kappa shape index (κ2) is 7.59. The lowest BCUT2D eigenvalue weighted by atomic mass is 9.96. The van der Waals surface area contributed by atoms with E-state index in [1.807, 2.05) is 0 Å². The number of benzene rings is 1. The summed E-state index contributed by atoms with van der Waals surface area (Å²) in [5.41, 5.74) is 0. The van der Waals surface area contributed by atoms with Crippen LogP contribution < -0.4 is 4.74 Å². The fraction of sp³-hybridized carbons (Fsp3) is 0.529. The number of aliphatic carboxylic acids is 1. The lowest BCUT2D eigenvalue weighted by Crippen LogP contribution is -2.48. The van der Waals surface area contributed by atoms with Gasteiger partial charge in [0.2, 0.25) is 0 Å². The summed E-state index contributed by atoms with van der Waals surface area (Å²) >= 11 is 0. The average molecular weight is 341 g/mol. The van der Waals surface area contributed by atoms with Crippen LogP contribution in [0.4, 0.5) is 8.78 Å². The molecule has 1 saturated heterocycles. The van der Waals surface area contributed by atoms with Crippen molar-refractivity contribution in [3.63, 3.8) is 0 Å². The van der Waals surface area contributed by atoms with E-state index in [9.17, 15) is 18.4 Å². The van der Waals surface area contributed by atoms with Crippen LogP contribution in [-0.2, 0) is 9.59 Å². The van der Waals surface area contributed by atoms with Gasteiger partial charge in [-0.2, -0.15) is 0 Å². The van der Waals surface area contributed by atoms with Gasteiger partial charge in [-0.15, -0.1) is 0 Å². The maximum absolute atomic E-state index is 13.8. The van der Waals surface area contributed by atoms with E-state index in [-0.39, 0.29) is 17.6 Å². The number of carbonyl (C=O) groups is 2. The molecule has 0 aliphatic carbocycles. The molecule has 0 spiro atoms. The molecular formula is C17H21F2NO4. The summed E-state index contributed by atoms with van der Waals surface area (Å²) in [6.45, 7) is 4.20. The van der Waals surface area contributed by atoms with E-state index < -0.39 is 29.6 Å². The molecule has 24 heavy (non-hydrogen) atoms. The van der Waals surface area contributed by atoms with Crippen LogP contribution in [0, 0.1) is 23.5 Å². The first kappa shape index (κ1) is 18.2. The van der Waals surface area contributed by atoms with Crippen molar-refractivity contribution in [3.05, 3.63) is 29.8 Å². The van der Waals surface area contributed by atoms with Crippen molar-refractivity contribution >= 4 is 11.9 Å². The Morgan fingerprint density at radius 2 is 1.88 bits per heavy atom. The first-order chi connectivity index (χ1) is 11.3. The van der Waals surface area contributed by atoms with Gasteiger partial charge >= 0.3 is 5.97 Å². The Morgan fingerprint density at radius 3 is 2.38 bits per heavy atom. The number of piperidine rings is 1. The highest BCUT2D eigenvalue weighted by Gasteiger charge is 2.33. The van der Waals surface area contributed by atoms with E-state index >= 15 is 0 Å². The Labute approximate surface area is 139 Å². The van der Waals surface area contributed by atoms with Crippen molar-refractivity contribution in [1.29, 1.82) is 0 Å². The zero-order valence-corrected chi connectivity index (χ0v) is 13.7. The Bertz CT molecular complexity index is 613. The second-order valence-corrected chi connectivity index (χ2v) is 6.30. The number of halogens is 2. The van der Waals surface area contributed by atoms with E-state index in [1.54, 1.807) is 18.7 Å². The summed E-state index contributed by atoms with van der Waals surface area (Å²) in [6.07, 6.45) is -0.139. The second-order valence-electron chi connectivity index (χ2n) is 6.30. The van der Waals surface area contributed by atoms with E-state index in [2.05, 4.69) is 0 Å². The normalized spacial score (nSPS) is 17.0. The number of likely N-dealkylation sites (tertiary alicyclic amines) is 1. The van der Waals surface area contributed by atoms with Crippen LogP contribution in [0.1, 0.15) is 26.7 Å². The SMILES string of the molecule is CC(C)[C@H](Oc1ccc(F)cc1F)C(=O)N1CCC(C(=O)O)CC1. The monoisotopic (exact) mass is 341 g/mol. The minimum absolute atomic E-state index is 0.177. The fourth-order valence-corrected chi connectivity index (χ4v) is 2.71. The Balaban J connectivity index is 2.07. The number of nitrogens with zero attached hydrogens (tertiary/aromatic N) is 1. The zero-order chi connectivity index (χ0) is 17.9. The third-order valence-electron chi connectivity index (χ3n) is 4.15. The topological polar surface area (TPSA) is 66.8 Å². The van der Waals surface area contributed by atoms with Crippen LogP contribution in [0.3, 0.4) is 0 Å². The maximum atomic E-state index is 13.8. The molecule has 5 nitrogen and oxygen atoms in total. The van der Waals surface area contributed by atoms with Crippen molar-refractivity contribution in [3.8, 4) is 5.75 Å². The average Bonchev–Trinajstić information content (AvgIpc) is 2.53. The number of ether oxygens (including phenoxy) is 1. The van der Waals surface area contributed by atoms with Crippen molar-refractivity contribution in [2.24, 2.45) is 11.8 Å². The highest BCUT2D eigenvalue weighted by Crippen LogP contribution is 2.24. The molecule has 0 aromatic heterocycles. The van der Waals surface area contributed by atoms with Crippen molar-refractivity contribution in [2.45, 2.75) is 32.8 Å². The molecule has 1 aliphatic rings. The van der Waals surface area contributed by atoms with E-state index in [1.165, 1.54) is 0 Å². The molecule has 1 N–H and O–H groups in total. The molecule has 1 amide bonds. The fourth-order valence-electron chi connectivity index (χ4n) is 2.71. The molecule has 0 unspecified atom stereocenters. The van der Waals surface area contributed by atoms with Crippen molar-refractivity contribution in [2.75, 3.05) is 13.1 Å². The van der Waals surface area contributed by atoms with Gasteiger partial charge in [-0.05, 0) is 30.9 Å². The predicted molar refractivity (Wildman–Crippen MR) is 82.6 cm³/mol. The zero-order valence-electron chi connectivity index (χ0n) is 13.7. The van der Waals surface area contributed by atoms with Crippen LogP contribution in [0.15, 0.2) is 18.2 Å². The Hall–Kier alpha value is -2.18. The number of carboxylic acid groups (broad SMARTS) is 1. The van der Waals surface area contributed by atoms with E-state index in [0.717, 1.165) is 12.1 Å². The standard InChI is InChI=1S/C17H21F2NO4/c1-10(2)15(24-14-4-3-12(18)9-13(14)19)16(21)20-7-5-11(6-8-20)17(22)23/h3-4,9-11,15H,5-8H2,1-2H3,(H,22,23)/t15-/m0/s1. The van der Waals surface area contributed by atoms with Gasteiger partial charge in [-0.1, -0.05) is 13.8 Å². The van der Waals surface area contributed by atoms with Gasteiger partial charge in [0, 0.05) is 19.2 Å². The van der Waals surface area contributed by atoms with Gasteiger partial charge in [-0.3, -0.25) is 9.59 Å². The number of amides is 1. The number of carboxylic acids is 1. The lowest BCUT2D eigenvalue weighted by molar-refractivity contribution is -0.148. The molecule has 1 heterocycles. The van der Waals surface area contributed by atoms with Gasteiger partial charge in [0.1, 0.15) is 5.82 Å². The van der Waals surface area contributed by atoms with E-state index in [0.29, 0.717) is 32.0 Å². The minimum Gasteiger partial charge on any atom is -0.481 e. The first-order valence-corrected chi connectivity index (χ1v) is 7.93. The molecule has 132 valence electrons. The first-order valence-electron chi connectivity index (χ1n) is 7.93. The van der Waals surface area contributed by atoms with Gasteiger partial charge in [0.15, 0.2) is 17.7 Å². The van der Waals surface area contributed by atoms with Crippen LogP contribution in [0.25, 0.3) is 0 Å². The highest BCUT2D eigenvalue weighted by atomic mass is 19.1. The van der Waals surface area contributed by atoms with Crippen LogP contribution in [0.5, 0.6) is 5.75 Å². The largest absolute Gasteiger partial charge is 0.481 e. The van der Waals surface area contributed by atoms with Crippen LogP contribution >= 0.6 is 0 Å². The highest BCUT2D eigenvalue weighted by molar-refractivity contribution is 5.82. The smallest absolute Gasteiger partial charge is 0.306 e. The summed E-state index contributed by atoms with van der Waals surface area (Å²) in [7, 11) is 0. The van der Waals surface area contributed by atoms with E-state index in [4.69, 9.17) is 9.84 Å². The van der Waals surface area contributed by atoms with Gasteiger partial charge < -0.3 is 14.7 Å². The predicted octanol–water partition coefficient (Wildman–Crippen LogP) is 2.69. The molecule has 2 rings (SSSR count). The Morgan fingerprint density at radius 1 is 1.25 bits per heavy atom. The molecule has 1 fully saturated rings. The quantitative estimate of drug-likeness (QED) is 0.894. The summed E-state index contributed by atoms with van der Waals surface area (Å²) in [6, 6.07) is 2.93. The third kappa shape index (κ3) is 4.21. The molecule has 0 bridgehead atoms. The lowest BCUT2D eigenvalue weighted by Gasteiger charge is -2.34. The van der Waals surface area contributed by atoms with Gasteiger partial charge in [0.05, 0.1) is 5.92 Å². The Kier molecular flexibility index (Phi) is 5.75. The minimum atomic E-state index is -0.911. The number of hydrogen-bond donors (Lipinski definition) is 1. The molecular weight excluding hydrogens is 320 g/mol. The molecule has 0 radical (unpaired) electrons. The maximum Gasteiger partial charge on any atom is 0.306 e. The molecule has 1 aromatic rings. The molecule has 1 aromatic carbocycles. The molecule has 1 aliphatic heterocycles. The van der Waals surface area contributed by atoms with Crippen molar-refractivity contribution < 1.29 is 28.2 Å². The summed E-state index contributed by atoms with van der Waals surface area (Å²) in [4.78, 5) is 25.2. The van der Waals surface area contributed by atoms with Crippen molar-refractivity contribution in [1.82, 2.24) is 4.90 Å². The van der Waals surface area contributed by atoms with Crippen LogP contribution in [0.2, 0.25) is 0 Å². The summed E-state index contributed by atoms with van der Waals surface area (Å²) < 4.78 is 32.2. The third-order valence-corrected chi connectivity index (χ3v) is 4.15. The van der Waals surface area contributed by atoms with Gasteiger partial charge in [-0.25, -0.2) is 8.78 Å². The number of carbonyl (C=O) groups excluding carboxylic acids is 1. The number of hydrogen-bond acceptors (Lipinski definition) is 3. The molecule has 1 atom stereocenters. The molecule has 7 heteroatoms. The molecule has 0 saturated carbocycles. The van der Waals surface area contributed by atoms with Crippen LogP contribution in [-0.4, -0.2) is 41.1 Å². The summed E-state index contributed by atoms with van der Waals surface area (Å²) in [5.74, 6) is -3.59. The summed E-state index contributed by atoms with van der Waals surface area (Å²) in [5, 5.41) is 9.01. The number of rotatable bonds is 5. The van der Waals surface area contributed by atoms with Gasteiger partial charge in [0.25, 0.3) is 5.91 Å².